The van der Waals surface area contributed by atoms with E-state index in [1.165, 1.54) is 0 Å². The fraction of sp³-hybridized carbons (Fsp3) is 0.625. The van der Waals surface area contributed by atoms with Crippen molar-refractivity contribution in [1.82, 2.24) is 16.0 Å². The first-order valence-electron chi connectivity index (χ1n) is 4.52. The quantitative estimate of drug-likeness (QED) is 0.535. The minimum absolute atomic E-state index is 0.119. The number of piperazine rings is 1. The van der Waals surface area contributed by atoms with Crippen molar-refractivity contribution < 1.29 is 22.8 Å². The van der Waals surface area contributed by atoms with Crippen molar-refractivity contribution in [3.8, 4) is 0 Å². The lowest BCUT2D eigenvalue weighted by molar-refractivity contribution is -0.173. The average Bonchev–Trinajstić information content (AvgIpc) is 2.24. The van der Waals surface area contributed by atoms with Gasteiger partial charge in [0.05, 0.1) is 6.04 Å². The summed E-state index contributed by atoms with van der Waals surface area (Å²) in [5.74, 6) is -0.446. The van der Waals surface area contributed by atoms with Crippen molar-refractivity contribution >= 4 is 11.8 Å². The first kappa shape index (κ1) is 12.5. The Morgan fingerprint density at radius 3 is 2.75 bits per heavy atom. The maximum atomic E-state index is 11.9. The van der Waals surface area contributed by atoms with Gasteiger partial charge in [0.2, 0.25) is 0 Å². The Morgan fingerprint density at radius 2 is 2.19 bits per heavy atom. The van der Waals surface area contributed by atoms with E-state index in [-0.39, 0.29) is 12.2 Å². The normalized spacial score (nSPS) is 20.9. The van der Waals surface area contributed by atoms with Crippen LogP contribution in [0.3, 0.4) is 0 Å². The second-order valence-electron chi connectivity index (χ2n) is 3.16. The molecule has 1 fully saturated rings. The van der Waals surface area contributed by atoms with Crippen molar-refractivity contribution in [3.63, 3.8) is 0 Å². The number of hydrogen-bond donors (Lipinski definition) is 3. The SMILES string of the molecule is O=C=C1NCCNC1CNC(=O)C(F)(F)F. The van der Waals surface area contributed by atoms with Crippen LogP contribution in [0.15, 0.2) is 5.70 Å². The molecular weight excluding hydrogens is 227 g/mol. The maximum absolute atomic E-state index is 11.9. The van der Waals surface area contributed by atoms with Crippen molar-refractivity contribution in [2.24, 2.45) is 0 Å². The summed E-state index contributed by atoms with van der Waals surface area (Å²) in [5.41, 5.74) is 0.119. The van der Waals surface area contributed by atoms with Gasteiger partial charge < -0.3 is 16.0 Å². The number of amides is 1. The Hall–Kier alpha value is -1.53. The van der Waals surface area contributed by atoms with E-state index < -0.39 is 18.1 Å². The van der Waals surface area contributed by atoms with E-state index in [1.54, 1.807) is 11.3 Å². The van der Waals surface area contributed by atoms with Crippen LogP contribution in [0, 0.1) is 0 Å². The number of carbonyl (C=O) groups excluding carboxylic acids is 2. The molecule has 0 aromatic carbocycles. The van der Waals surface area contributed by atoms with E-state index in [2.05, 4.69) is 10.6 Å². The number of rotatable bonds is 2. The zero-order valence-electron chi connectivity index (χ0n) is 8.15. The first-order valence-corrected chi connectivity index (χ1v) is 4.52. The second-order valence-corrected chi connectivity index (χ2v) is 3.16. The topological polar surface area (TPSA) is 70.2 Å². The molecule has 90 valence electrons. The smallest absolute Gasteiger partial charge is 0.377 e. The predicted octanol–water partition coefficient (Wildman–Crippen LogP) is -1.06. The molecule has 0 bridgehead atoms. The lowest BCUT2D eigenvalue weighted by Gasteiger charge is -2.26. The van der Waals surface area contributed by atoms with Crippen molar-refractivity contribution in [3.05, 3.63) is 5.70 Å². The van der Waals surface area contributed by atoms with Crippen LogP contribution < -0.4 is 16.0 Å². The molecule has 0 aromatic rings. The van der Waals surface area contributed by atoms with Gasteiger partial charge in [-0.3, -0.25) is 4.79 Å². The van der Waals surface area contributed by atoms with Gasteiger partial charge >= 0.3 is 12.1 Å². The first-order chi connectivity index (χ1) is 7.45. The molecule has 0 aromatic heterocycles. The largest absolute Gasteiger partial charge is 0.471 e. The van der Waals surface area contributed by atoms with Gasteiger partial charge in [-0.2, -0.15) is 13.2 Å². The molecule has 0 aliphatic carbocycles. The molecule has 1 atom stereocenters. The van der Waals surface area contributed by atoms with Gasteiger partial charge in [-0.1, -0.05) is 0 Å². The van der Waals surface area contributed by atoms with Crippen molar-refractivity contribution in [1.29, 1.82) is 0 Å². The highest BCUT2D eigenvalue weighted by atomic mass is 19.4. The van der Waals surface area contributed by atoms with Crippen LogP contribution in [0.2, 0.25) is 0 Å². The van der Waals surface area contributed by atoms with E-state index in [0.717, 1.165) is 0 Å². The molecule has 8 heteroatoms. The molecule has 16 heavy (non-hydrogen) atoms. The predicted molar refractivity (Wildman–Crippen MR) is 48.1 cm³/mol. The molecule has 3 N–H and O–H groups in total. The van der Waals surface area contributed by atoms with E-state index in [4.69, 9.17) is 0 Å². The standard InChI is InChI=1S/C8H10F3N3O2/c9-8(10,11)7(16)14-3-5-6(4-15)13-2-1-12-5/h5,12-13H,1-3H2,(H,14,16). The number of halogens is 3. The monoisotopic (exact) mass is 237 g/mol. The lowest BCUT2D eigenvalue weighted by Crippen LogP contribution is -2.53. The molecule has 0 saturated carbocycles. The Bertz CT molecular complexity index is 323. The summed E-state index contributed by atoms with van der Waals surface area (Å²) in [6, 6.07) is -0.655. The summed E-state index contributed by atoms with van der Waals surface area (Å²) in [7, 11) is 0. The third kappa shape index (κ3) is 3.25. The summed E-state index contributed by atoms with van der Waals surface area (Å²) >= 11 is 0. The minimum Gasteiger partial charge on any atom is -0.377 e. The van der Waals surface area contributed by atoms with Crippen molar-refractivity contribution in [2.45, 2.75) is 12.2 Å². The summed E-state index contributed by atoms with van der Waals surface area (Å²) < 4.78 is 35.6. The van der Waals surface area contributed by atoms with Gasteiger partial charge in [0.15, 0.2) is 0 Å². The number of hydrogen-bond acceptors (Lipinski definition) is 4. The van der Waals surface area contributed by atoms with Gasteiger partial charge in [-0.15, -0.1) is 0 Å². The zero-order valence-corrected chi connectivity index (χ0v) is 8.15. The zero-order chi connectivity index (χ0) is 12.2. The summed E-state index contributed by atoms with van der Waals surface area (Å²) in [6.07, 6.45) is -4.91. The van der Waals surface area contributed by atoms with E-state index in [9.17, 15) is 22.8 Å². The molecule has 0 radical (unpaired) electrons. The fourth-order valence-corrected chi connectivity index (χ4v) is 1.25. The Kier molecular flexibility index (Phi) is 3.92. The van der Waals surface area contributed by atoms with Gasteiger partial charge in [0, 0.05) is 19.6 Å². The van der Waals surface area contributed by atoms with Gasteiger partial charge in [0.25, 0.3) is 0 Å². The van der Waals surface area contributed by atoms with E-state index >= 15 is 0 Å². The molecule has 1 rings (SSSR count). The van der Waals surface area contributed by atoms with Gasteiger partial charge in [-0.05, 0) is 0 Å². The third-order valence-corrected chi connectivity index (χ3v) is 2.01. The minimum atomic E-state index is -4.91. The molecule has 1 aliphatic rings. The second kappa shape index (κ2) is 5.00. The molecule has 5 nitrogen and oxygen atoms in total. The molecular formula is C8H10F3N3O2. The maximum Gasteiger partial charge on any atom is 0.471 e. The summed E-state index contributed by atoms with van der Waals surface area (Å²) in [4.78, 5) is 20.9. The average molecular weight is 237 g/mol. The molecule has 1 aliphatic heterocycles. The van der Waals surface area contributed by atoms with Crippen molar-refractivity contribution in [2.75, 3.05) is 19.6 Å². The van der Waals surface area contributed by atoms with Gasteiger partial charge in [-0.25, -0.2) is 4.79 Å². The molecule has 0 spiro atoms. The van der Waals surface area contributed by atoms with Crippen LogP contribution in [-0.4, -0.2) is 43.7 Å². The highest BCUT2D eigenvalue weighted by Crippen LogP contribution is 2.14. The Morgan fingerprint density at radius 1 is 1.50 bits per heavy atom. The summed E-state index contributed by atoms with van der Waals surface area (Å²) in [5, 5.41) is 7.15. The van der Waals surface area contributed by atoms with Crippen LogP contribution in [0.5, 0.6) is 0 Å². The Balaban J connectivity index is 2.48. The Labute approximate surface area is 89.1 Å². The third-order valence-electron chi connectivity index (χ3n) is 2.01. The number of carbonyl (C=O) groups is 1. The highest BCUT2D eigenvalue weighted by molar-refractivity contribution is 5.81. The lowest BCUT2D eigenvalue weighted by atomic mass is 10.2. The van der Waals surface area contributed by atoms with Crippen LogP contribution in [0.4, 0.5) is 13.2 Å². The number of nitrogens with one attached hydrogen (secondary N) is 3. The van der Waals surface area contributed by atoms with E-state index in [1.807, 2.05) is 0 Å². The molecule has 1 unspecified atom stereocenters. The highest BCUT2D eigenvalue weighted by Gasteiger charge is 2.38. The fourth-order valence-electron chi connectivity index (χ4n) is 1.25. The molecule has 1 saturated heterocycles. The van der Waals surface area contributed by atoms with Crippen LogP contribution in [-0.2, 0) is 9.59 Å². The molecule has 1 amide bonds. The van der Waals surface area contributed by atoms with Crippen LogP contribution in [0.1, 0.15) is 0 Å². The number of alkyl halides is 3. The van der Waals surface area contributed by atoms with Gasteiger partial charge in [0.1, 0.15) is 11.6 Å². The van der Waals surface area contributed by atoms with Crippen LogP contribution in [0.25, 0.3) is 0 Å². The van der Waals surface area contributed by atoms with E-state index in [0.29, 0.717) is 13.1 Å². The molecule has 1 heterocycles. The summed E-state index contributed by atoms with van der Waals surface area (Å²) in [6.45, 7) is 0.682. The van der Waals surface area contributed by atoms with Crippen LogP contribution >= 0.6 is 0 Å².